The first-order valence-electron chi connectivity index (χ1n) is 11.4. The lowest BCUT2D eigenvalue weighted by Gasteiger charge is -2.16. The van der Waals surface area contributed by atoms with Gasteiger partial charge in [0, 0.05) is 17.8 Å². The molecule has 0 amide bonds. The number of hydrogen-bond acceptors (Lipinski definition) is 7. The second kappa shape index (κ2) is 8.45. The zero-order valence-electron chi connectivity index (χ0n) is 19.6. The van der Waals surface area contributed by atoms with E-state index in [4.69, 9.17) is 0 Å². The van der Waals surface area contributed by atoms with Crippen molar-refractivity contribution >= 4 is 36.9 Å². The lowest BCUT2D eigenvalue weighted by atomic mass is 9.92. The minimum Gasteiger partial charge on any atom is -0.288 e. The first-order valence-corrected chi connectivity index (χ1v) is 14.5. The molecule has 1 N–H and O–H groups in total. The Balaban J connectivity index is 1.63. The van der Waals surface area contributed by atoms with Gasteiger partial charge in [0.1, 0.15) is 5.82 Å². The third-order valence-electron chi connectivity index (χ3n) is 6.50. The van der Waals surface area contributed by atoms with Crippen LogP contribution in [0.1, 0.15) is 44.0 Å². The van der Waals surface area contributed by atoms with Crippen LogP contribution in [-0.2, 0) is 20.0 Å². The van der Waals surface area contributed by atoms with Crippen molar-refractivity contribution in [1.29, 1.82) is 0 Å². The third-order valence-corrected chi connectivity index (χ3v) is 9.51. The van der Waals surface area contributed by atoms with Crippen molar-refractivity contribution in [2.45, 2.75) is 44.4 Å². The molecule has 3 heterocycles. The van der Waals surface area contributed by atoms with E-state index in [1.807, 2.05) is 24.3 Å². The highest BCUT2D eigenvalue weighted by Gasteiger charge is 2.33. The highest BCUT2D eigenvalue weighted by molar-refractivity contribution is 7.90. The maximum atomic E-state index is 13.3. The summed E-state index contributed by atoms with van der Waals surface area (Å²) in [6, 6.07) is 8.35. The summed E-state index contributed by atoms with van der Waals surface area (Å²) in [5, 5.41) is 8.67. The molecule has 1 aliphatic carbocycles. The summed E-state index contributed by atoms with van der Waals surface area (Å²) in [7, 11) is -7.25. The smallest absolute Gasteiger partial charge is 0.269 e. The van der Waals surface area contributed by atoms with E-state index >= 15 is 0 Å². The number of benzene rings is 1. The minimum absolute atomic E-state index is 0.00503. The van der Waals surface area contributed by atoms with E-state index in [-0.39, 0.29) is 28.1 Å². The third kappa shape index (κ3) is 4.00. The molecule has 0 unspecified atom stereocenters. The zero-order valence-corrected chi connectivity index (χ0v) is 21.2. The number of nitrogens with zero attached hydrogens (tertiary/aromatic N) is 5. The molecule has 0 saturated carbocycles. The quantitative estimate of drug-likeness (QED) is 0.401. The number of nitrogens with one attached hydrogen (secondary N) is 1. The van der Waals surface area contributed by atoms with Crippen LogP contribution in [0.2, 0.25) is 0 Å². The van der Waals surface area contributed by atoms with Gasteiger partial charge in [-0.3, -0.25) is 9.12 Å². The van der Waals surface area contributed by atoms with Crippen LogP contribution in [0.3, 0.4) is 0 Å². The van der Waals surface area contributed by atoms with Crippen LogP contribution >= 0.6 is 0 Å². The van der Waals surface area contributed by atoms with Crippen LogP contribution in [-0.4, -0.2) is 46.1 Å². The van der Waals surface area contributed by atoms with E-state index < -0.39 is 20.0 Å². The van der Waals surface area contributed by atoms with Crippen molar-refractivity contribution in [3.63, 3.8) is 0 Å². The monoisotopic (exact) mass is 514 g/mol. The van der Waals surface area contributed by atoms with E-state index in [1.54, 1.807) is 37.3 Å². The largest absolute Gasteiger partial charge is 0.288 e. The molecule has 1 aromatic carbocycles. The Labute approximate surface area is 203 Å². The molecule has 35 heavy (non-hydrogen) atoms. The predicted molar refractivity (Wildman–Crippen MR) is 132 cm³/mol. The molecular formula is C23H26N6O4S2. The Morgan fingerprint density at radius 3 is 2.49 bits per heavy atom. The van der Waals surface area contributed by atoms with E-state index in [0.29, 0.717) is 29.1 Å². The van der Waals surface area contributed by atoms with Crippen LogP contribution in [0.4, 0.5) is 0 Å². The van der Waals surface area contributed by atoms with Crippen molar-refractivity contribution in [2.24, 2.45) is 5.92 Å². The molecule has 10 nitrogen and oxygen atoms in total. The molecule has 0 fully saturated rings. The molecule has 12 heteroatoms. The van der Waals surface area contributed by atoms with Crippen molar-refractivity contribution in [2.75, 3.05) is 5.75 Å². The fraction of sp³-hybridized carbons (Fsp3) is 0.348. The summed E-state index contributed by atoms with van der Waals surface area (Å²) in [4.78, 5) is 4.56. The normalized spacial score (nSPS) is 18.9. The molecule has 3 aromatic heterocycles. The van der Waals surface area contributed by atoms with Crippen LogP contribution in [0.15, 0.2) is 59.4 Å². The predicted octanol–water partition coefficient (Wildman–Crippen LogP) is 2.96. The molecule has 0 saturated heterocycles. The number of aryl methyl sites for hydroxylation is 1. The van der Waals surface area contributed by atoms with Gasteiger partial charge in [-0.05, 0) is 44.4 Å². The topological polar surface area (TPSA) is 128 Å². The molecule has 4 aromatic rings. The van der Waals surface area contributed by atoms with Crippen molar-refractivity contribution in [1.82, 2.24) is 28.3 Å². The van der Waals surface area contributed by atoms with E-state index in [0.717, 1.165) is 12.0 Å². The molecule has 0 aliphatic heterocycles. The first kappa shape index (κ1) is 23.5. The van der Waals surface area contributed by atoms with Gasteiger partial charge in [0.05, 0.1) is 22.4 Å². The Hall–Kier alpha value is -3.25. The molecule has 0 spiro atoms. The van der Waals surface area contributed by atoms with Crippen LogP contribution in [0.25, 0.3) is 16.8 Å². The average molecular weight is 515 g/mol. The number of aromatic nitrogens is 5. The van der Waals surface area contributed by atoms with Crippen LogP contribution < -0.4 is 4.72 Å². The fourth-order valence-electron chi connectivity index (χ4n) is 4.55. The summed E-state index contributed by atoms with van der Waals surface area (Å²) in [5.74, 6) is 0.552. The Morgan fingerprint density at radius 2 is 1.80 bits per heavy atom. The number of hydrogen-bond donors (Lipinski definition) is 1. The molecule has 0 radical (unpaired) electrons. The number of fused-ring (bicyclic) bond motifs is 3. The summed E-state index contributed by atoms with van der Waals surface area (Å²) in [6.45, 7) is 5.54. The average Bonchev–Trinajstić information content (AvgIpc) is 3.54. The van der Waals surface area contributed by atoms with Gasteiger partial charge in [0.2, 0.25) is 10.0 Å². The van der Waals surface area contributed by atoms with E-state index in [1.165, 1.54) is 16.4 Å². The maximum Gasteiger partial charge on any atom is 0.269 e. The molecule has 2 atom stereocenters. The van der Waals surface area contributed by atoms with Gasteiger partial charge in [0.15, 0.2) is 11.3 Å². The standard InChI is InChI=1S/C23H26N6O4S2/c1-4-16-12-17(27-34(30,31)5-2)13-19(16)22-26-25-21-14-24-23-20(29(21)22)10-11-28(23)35(32,33)18-8-6-15(3)7-9-18/h6-11,13-14,16,19,27H,4-5,12H2,1-3H3/t16-,19+/m1/s1. The molecule has 184 valence electrons. The fourth-order valence-corrected chi connectivity index (χ4v) is 6.54. The molecule has 1 aliphatic rings. The van der Waals surface area contributed by atoms with Gasteiger partial charge in [-0.2, -0.15) is 0 Å². The summed E-state index contributed by atoms with van der Waals surface area (Å²) < 4.78 is 56.6. The molecule has 0 bridgehead atoms. The van der Waals surface area contributed by atoms with Gasteiger partial charge in [-0.1, -0.05) is 37.1 Å². The highest BCUT2D eigenvalue weighted by atomic mass is 32.2. The van der Waals surface area contributed by atoms with E-state index in [9.17, 15) is 16.8 Å². The van der Waals surface area contributed by atoms with Gasteiger partial charge in [-0.15, -0.1) is 10.2 Å². The Kier molecular flexibility index (Phi) is 5.67. The van der Waals surface area contributed by atoms with Gasteiger partial charge in [0.25, 0.3) is 10.0 Å². The summed E-state index contributed by atoms with van der Waals surface area (Å²) in [6.07, 6.45) is 6.26. The first-order chi connectivity index (χ1) is 16.6. The second-order valence-electron chi connectivity index (χ2n) is 8.74. The summed E-state index contributed by atoms with van der Waals surface area (Å²) in [5.41, 5.74) is 2.92. The zero-order chi connectivity index (χ0) is 25.0. The highest BCUT2D eigenvalue weighted by Crippen LogP contribution is 2.39. The SMILES string of the molecule is CC[C@@H]1CC(NS(=O)(=O)CC)=C[C@@H]1c1nnc2cnc3c(ccn3S(=O)(=O)c3ccc(C)cc3)n12. The van der Waals surface area contributed by atoms with Gasteiger partial charge >= 0.3 is 0 Å². The number of sulfonamides is 1. The molecular weight excluding hydrogens is 488 g/mol. The lowest BCUT2D eigenvalue weighted by molar-refractivity contribution is 0.470. The van der Waals surface area contributed by atoms with Gasteiger partial charge < -0.3 is 0 Å². The van der Waals surface area contributed by atoms with Crippen LogP contribution in [0.5, 0.6) is 0 Å². The Morgan fingerprint density at radius 1 is 1.06 bits per heavy atom. The lowest BCUT2D eigenvalue weighted by Crippen LogP contribution is -2.24. The van der Waals surface area contributed by atoms with E-state index in [2.05, 4.69) is 19.9 Å². The minimum atomic E-state index is -3.86. The van der Waals surface area contributed by atoms with Crippen molar-refractivity contribution in [3.8, 4) is 0 Å². The second-order valence-corrected chi connectivity index (χ2v) is 12.6. The van der Waals surface area contributed by atoms with Crippen LogP contribution in [0, 0.1) is 12.8 Å². The maximum absolute atomic E-state index is 13.3. The number of rotatable bonds is 7. The van der Waals surface area contributed by atoms with Gasteiger partial charge in [-0.25, -0.2) is 25.8 Å². The van der Waals surface area contributed by atoms with Crippen molar-refractivity contribution in [3.05, 3.63) is 65.9 Å². The number of allylic oxidation sites excluding steroid dienone is 2. The summed E-state index contributed by atoms with van der Waals surface area (Å²) >= 11 is 0. The molecule has 5 rings (SSSR count). The van der Waals surface area contributed by atoms with Crippen molar-refractivity contribution < 1.29 is 16.8 Å². The Bertz CT molecular complexity index is 1670.